The molecular weight excluding hydrogens is 308 g/mol. The van der Waals surface area contributed by atoms with Crippen molar-refractivity contribution in [1.29, 1.82) is 0 Å². The van der Waals surface area contributed by atoms with E-state index in [1.165, 1.54) is 19.3 Å². The topological polar surface area (TPSA) is 69.7 Å². The summed E-state index contributed by atoms with van der Waals surface area (Å²) in [7, 11) is 0. The van der Waals surface area contributed by atoms with Gasteiger partial charge in [-0.2, -0.15) is 0 Å². The van der Waals surface area contributed by atoms with Crippen LogP contribution in [0.25, 0.3) is 0 Å². The monoisotopic (exact) mass is 334 g/mol. The Hall–Kier alpha value is -2.17. The van der Waals surface area contributed by atoms with Gasteiger partial charge in [-0.25, -0.2) is 4.79 Å². The fourth-order valence-corrected chi connectivity index (χ4v) is 2.24. The van der Waals surface area contributed by atoms with Crippen molar-refractivity contribution in [3.63, 3.8) is 0 Å². The summed E-state index contributed by atoms with van der Waals surface area (Å²) in [4.78, 5) is 35.2. The van der Waals surface area contributed by atoms with Crippen molar-refractivity contribution < 1.29 is 23.9 Å². The lowest BCUT2D eigenvalue weighted by molar-refractivity contribution is -0.153. The van der Waals surface area contributed by atoms with Gasteiger partial charge in [0.05, 0.1) is 25.2 Å². The van der Waals surface area contributed by atoms with Crippen molar-refractivity contribution in [3.05, 3.63) is 29.8 Å². The van der Waals surface area contributed by atoms with Crippen molar-refractivity contribution in [1.82, 2.24) is 0 Å². The van der Waals surface area contributed by atoms with Gasteiger partial charge in [0.2, 0.25) is 5.78 Å². The second-order valence-corrected chi connectivity index (χ2v) is 5.50. The number of hydrogen-bond acceptors (Lipinski definition) is 5. The molecule has 0 unspecified atom stereocenters. The highest BCUT2D eigenvalue weighted by Crippen LogP contribution is 2.20. The summed E-state index contributed by atoms with van der Waals surface area (Å²) < 4.78 is 10.3. The molecule has 1 aromatic carbocycles. The normalized spacial score (nSPS) is 10.2. The van der Waals surface area contributed by atoms with Gasteiger partial charge >= 0.3 is 5.97 Å². The standard InChI is InChI=1S/C19H26O5/c1-3-5-6-7-10-13-24-18-12-9-8-11-15(18)16(20)14-17(21)19(22)23-4-2/h8-9,11-12H,3-7,10,13-14H2,1-2H3. The van der Waals surface area contributed by atoms with E-state index in [2.05, 4.69) is 11.7 Å². The smallest absolute Gasteiger partial charge is 0.375 e. The van der Waals surface area contributed by atoms with Gasteiger partial charge in [-0.3, -0.25) is 9.59 Å². The number of rotatable bonds is 12. The van der Waals surface area contributed by atoms with Gasteiger partial charge in [-0.15, -0.1) is 0 Å². The molecule has 0 saturated carbocycles. The van der Waals surface area contributed by atoms with Gasteiger partial charge in [0.25, 0.3) is 0 Å². The first-order chi connectivity index (χ1) is 11.6. The second-order valence-electron chi connectivity index (χ2n) is 5.50. The maximum absolute atomic E-state index is 12.3. The van der Waals surface area contributed by atoms with Crippen molar-refractivity contribution in [3.8, 4) is 5.75 Å². The van der Waals surface area contributed by atoms with E-state index in [1.54, 1.807) is 31.2 Å². The van der Waals surface area contributed by atoms with Gasteiger partial charge in [0, 0.05) is 0 Å². The third kappa shape index (κ3) is 6.94. The van der Waals surface area contributed by atoms with Crippen molar-refractivity contribution in [2.45, 2.75) is 52.4 Å². The minimum absolute atomic E-state index is 0.108. The summed E-state index contributed by atoms with van der Waals surface area (Å²) in [6.45, 7) is 4.41. The average molecular weight is 334 g/mol. The Morgan fingerprint density at radius 2 is 1.67 bits per heavy atom. The lowest BCUT2D eigenvalue weighted by Gasteiger charge is -2.10. The molecule has 0 aliphatic rings. The first-order valence-electron chi connectivity index (χ1n) is 8.55. The number of esters is 1. The molecule has 1 aromatic rings. The Morgan fingerprint density at radius 3 is 2.38 bits per heavy atom. The number of carbonyl (C=O) groups excluding carboxylic acids is 3. The van der Waals surface area contributed by atoms with Crippen LogP contribution in [0.2, 0.25) is 0 Å². The van der Waals surface area contributed by atoms with Crippen LogP contribution in [0.3, 0.4) is 0 Å². The number of benzene rings is 1. The zero-order chi connectivity index (χ0) is 17.8. The minimum atomic E-state index is -0.972. The maximum atomic E-state index is 12.3. The quantitative estimate of drug-likeness (QED) is 0.191. The second kappa shape index (κ2) is 11.4. The van der Waals surface area contributed by atoms with Crippen LogP contribution in [-0.2, 0) is 14.3 Å². The number of unbranched alkanes of at least 4 members (excludes halogenated alkanes) is 4. The molecule has 0 amide bonds. The lowest BCUT2D eigenvalue weighted by atomic mass is 10.0. The molecule has 0 N–H and O–H groups in total. The zero-order valence-electron chi connectivity index (χ0n) is 14.5. The summed E-state index contributed by atoms with van der Waals surface area (Å²) in [5.41, 5.74) is 0.323. The molecule has 0 bridgehead atoms. The number of Topliss-reactive ketones (excluding diaryl/α,β-unsaturated/α-hetero) is 2. The fraction of sp³-hybridized carbons (Fsp3) is 0.526. The molecule has 0 spiro atoms. The van der Waals surface area contributed by atoms with E-state index in [1.807, 2.05) is 0 Å². The first kappa shape index (κ1) is 19.9. The van der Waals surface area contributed by atoms with Gasteiger partial charge in [-0.1, -0.05) is 44.7 Å². The molecule has 0 saturated heterocycles. The molecule has 24 heavy (non-hydrogen) atoms. The highest BCUT2D eigenvalue weighted by atomic mass is 16.5. The number of ketones is 2. The van der Waals surface area contributed by atoms with E-state index in [0.717, 1.165) is 12.8 Å². The molecule has 0 aromatic heterocycles. The predicted octanol–water partition coefficient (Wildman–Crippen LogP) is 3.74. The predicted molar refractivity (Wildman–Crippen MR) is 91.3 cm³/mol. The van der Waals surface area contributed by atoms with Crippen LogP contribution < -0.4 is 4.74 Å². The summed E-state index contributed by atoms with van der Waals surface area (Å²) in [6, 6.07) is 6.79. The summed E-state index contributed by atoms with van der Waals surface area (Å²) in [5.74, 6) is -1.79. The van der Waals surface area contributed by atoms with Crippen molar-refractivity contribution in [2.24, 2.45) is 0 Å². The summed E-state index contributed by atoms with van der Waals surface area (Å²) in [6.07, 6.45) is 5.08. The number of ether oxygens (including phenoxy) is 2. The van der Waals surface area contributed by atoms with Crippen LogP contribution in [0.15, 0.2) is 24.3 Å². The Labute approximate surface area is 143 Å². The number of carbonyl (C=O) groups is 3. The van der Waals surface area contributed by atoms with E-state index >= 15 is 0 Å². The number of hydrogen-bond donors (Lipinski definition) is 0. The summed E-state index contributed by atoms with van der Waals surface area (Å²) >= 11 is 0. The molecule has 0 aliphatic carbocycles. The molecule has 132 valence electrons. The van der Waals surface area contributed by atoms with Gasteiger partial charge < -0.3 is 9.47 Å². The number of para-hydroxylation sites is 1. The van der Waals surface area contributed by atoms with E-state index < -0.39 is 24.0 Å². The molecule has 5 nitrogen and oxygen atoms in total. The van der Waals surface area contributed by atoms with Gasteiger partial charge in [-0.05, 0) is 25.5 Å². The fourth-order valence-electron chi connectivity index (χ4n) is 2.24. The van der Waals surface area contributed by atoms with E-state index in [-0.39, 0.29) is 6.61 Å². The Kier molecular flexibility index (Phi) is 9.42. The molecule has 0 atom stereocenters. The van der Waals surface area contributed by atoms with Crippen molar-refractivity contribution in [2.75, 3.05) is 13.2 Å². The third-order valence-electron chi connectivity index (χ3n) is 3.52. The maximum Gasteiger partial charge on any atom is 0.375 e. The largest absolute Gasteiger partial charge is 0.493 e. The Balaban J connectivity index is 2.57. The molecule has 0 radical (unpaired) electrons. The summed E-state index contributed by atoms with van der Waals surface area (Å²) in [5, 5.41) is 0. The Bertz CT molecular complexity index is 550. The van der Waals surface area contributed by atoms with Crippen LogP contribution in [0, 0.1) is 0 Å². The first-order valence-corrected chi connectivity index (χ1v) is 8.55. The molecular formula is C19H26O5. The SMILES string of the molecule is CCCCCCCOc1ccccc1C(=O)CC(=O)C(=O)OCC. The highest BCUT2D eigenvalue weighted by molar-refractivity contribution is 6.38. The molecule has 1 rings (SSSR count). The lowest BCUT2D eigenvalue weighted by Crippen LogP contribution is -2.21. The molecule has 0 heterocycles. The molecule has 0 aliphatic heterocycles. The van der Waals surface area contributed by atoms with E-state index in [4.69, 9.17) is 4.74 Å². The van der Waals surface area contributed by atoms with Crippen LogP contribution in [0.5, 0.6) is 5.75 Å². The van der Waals surface area contributed by atoms with Crippen LogP contribution in [0.4, 0.5) is 0 Å². The van der Waals surface area contributed by atoms with Crippen molar-refractivity contribution >= 4 is 17.5 Å². The van der Waals surface area contributed by atoms with Crippen LogP contribution in [0.1, 0.15) is 62.7 Å². The minimum Gasteiger partial charge on any atom is -0.493 e. The third-order valence-corrected chi connectivity index (χ3v) is 3.52. The van der Waals surface area contributed by atoms with Crippen LogP contribution >= 0.6 is 0 Å². The molecule has 0 fully saturated rings. The average Bonchev–Trinajstić information content (AvgIpc) is 2.58. The van der Waals surface area contributed by atoms with Crippen LogP contribution in [-0.4, -0.2) is 30.7 Å². The van der Waals surface area contributed by atoms with E-state index in [9.17, 15) is 14.4 Å². The van der Waals surface area contributed by atoms with E-state index in [0.29, 0.717) is 17.9 Å². The zero-order valence-corrected chi connectivity index (χ0v) is 14.5. The Morgan fingerprint density at radius 1 is 0.958 bits per heavy atom. The molecule has 5 heteroatoms. The van der Waals surface area contributed by atoms with Gasteiger partial charge in [0.15, 0.2) is 5.78 Å². The van der Waals surface area contributed by atoms with Gasteiger partial charge in [0.1, 0.15) is 5.75 Å². The highest BCUT2D eigenvalue weighted by Gasteiger charge is 2.21.